The molecule has 0 spiro atoms. The summed E-state index contributed by atoms with van der Waals surface area (Å²) in [5.41, 5.74) is -0.0977. The third-order valence-electron chi connectivity index (χ3n) is 3.90. The first-order chi connectivity index (χ1) is 17.4. The number of fused-ring (bicyclic) bond motifs is 1. The topological polar surface area (TPSA) is 379 Å². The maximum Gasteiger partial charge on any atom is 0.466 e. The van der Waals surface area contributed by atoms with E-state index in [1.807, 2.05) is 13.8 Å². The molecule has 1 saturated heterocycles. The summed E-state index contributed by atoms with van der Waals surface area (Å²) >= 11 is 0. The molecule has 0 radical (unpaired) electrons. The van der Waals surface area contributed by atoms with Crippen molar-refractivity contribution in [1.82, 2.24) is 19.5 Å². The maximum atomic E-state index is 12.1. The Morgan fingerprint density at radius 1 is 0.974 bits per heavy atom. The number of aromatic amines is 1. The first-order valence-electron chi connectivity index (χ1n) is 10.1. The highest BCUT2D eigenvalue weighted by Gasteiger charge is 2.44. The number of hydrogen-bond acceptors (Lipinski definition) is 11. The number of H-pyrrole nitrogens is 1. The summed E-state index contributed by atoms with van der Waals surface area (Å²) in [4.78, 5) is 87.8. The zero-order chi connectivity index (χ0) is 30.9. The van der Waals surface area contributed by atoms with E-state index < -0.39 is 60.2 Å². The molecule has 0 bridgehead atoms. The van der Waals surface area contributed by atoms with Gasteiger partial charge in [-0.05, 0) is 5.92 Å². The van der Waals surface area contributed by atoms with Crippen LogP contribution >= 0.6 is 23.5 Å². The minimum atomic E-state index is -4.64. The van der Waals surface area contributed by atoms with Crippen molar-refractivity contribution in [2.75, 3.05) is 18.5 Å². The fourth-order valence-electron chi connectivity index (χ4n) is 2.61. The lowest BCUT2D eigenvalue weighted by Gasteiger charge is -2.16. The summed E-state index contributed by atoms with van der Waals surface area (Å²) in [7, 11) is -13.9. The van der Waals surface area contributed by atoms with Gasteiger partial charge in [0, 0.05) is 6.54 Å². The van der Waals surface area contributed by atoms with Crippen LogP contribution in [0.25, 0.3) is 11.2 Å². The Labute approximate surface area is 217 Å². The van der Waals surface area contributed by atoms with Gasteiger partial charge in [-0.25, -0.2) is 18.7 Å². The monoisotopic (exact) mass is 633 g/mol. The molecule has 14 N–H and O–H groups in total. The van der Waals surface area contributed by atoms with Crippen molar-refractivity contribution in [3.05, 3.63) is 16.7 Å². The molecule has 2 aromatic rings. The van der Waals surface area contributed by atoms with Crippen molar-refractivity contribution in [2.24, 2.45) is 5.92 Å². The number of aliphatic hydroxyl groups is 3. The van der Waals surface area contributed by atoms with Gasteiger partial charge >= 0.3 is 23.5 Å². The summed E-state index contributed by atoms with van der Waals surface area (Å²) in [6, 6.07) is 0. The lowest BCUT2D eigenvalue weighted by Crippen LogP contribution is -2.33. The summed E-state index contributed by atoms with van der Waals surface area (Å²) in [6.45, 7) is 4.23. The van der Waals surface area contributed by atoms with Crippen molar-refractivity contribution in [3.63, 3.8) is 0 Å². The van der Waals surface area contributed by atoms with Crippen LogP contribution in [0, 0.1) is 5.92 Å². The zero-order valence-corrected chi connectivity index (χ0v) is 22.7. The van der Waals surface area contributed by atoms with Gasteiger partial charge in [0.25, 0.3) is 5.56 Å². The number of imidazole rings is 1. The number of nitrogens with zero attached hydrogens (tertiary/aromatic N) is 3. The molecule has 4 atom stereocenters. The Kier molecular flexibility index (Phi) is 14.7. The quantitative estimate of drug-likeness (QED) is 0.139. The van der Waals surface area contributed by atoms with E-state index in [9.17, 15) is 20.1 Å². The first-order valence-corrected chi connectivity index (χ1v) is 14.8. The molecule has 2 aromatic heterocycles. The Balaban J connectivity index is 0.000000793. The first kappa shape index (κ1) is 37.3. The molecule has 3 rings (SSSR count). The van der Waals surface area contributed by atoms with Crippen molar-refractivity contribution >= 4 is 40.6 Å². The number of rotatable bonds is 5. The van der Waals surface area contributed by atoms with Crippen molar-refractivity contribution in [2.45, 2.75) is 38.4 Å². The fourth-order valence-corrected chi connectivity index (χ4v) is 2.61. The predicted octanol–water partition coefficient (Wildman–Crippen LogP) is -3.99. The molecule has 0 aliphatic carbocycles. The van der Waals surface area contributed by atoms with Gasteiger partial charge in [0.2, 0.25) is 5.95 Å². The third-order valence-corrected chi connectivity index (χ3v) is 3.90. The Hall–Kier alpha value is -1.68. The van der Waals surface area contributed by atoms with E-state index in [2.05, 4.69) is 20.3 Å². The second-order valence-corrected chi connectivity index (χ2v) is 10.9. The SMILES string of the molecule is CC(C)CNc1nc2c(ncn2[C@@H]2O[C@H](CO)[C@@H](O)[C@H]2O)c(=O)[nH]1.O=P(O)(O)O.O=P(O)(O)O.O=P(O)(O)O. The summed E-state index contributed by atoms with van der Waals surface area (Å²) in [5.74, 6) is 0.644. The molecular weight excluding hydrogens is 603 g/mol. The largest absolute Gasteiger partial charge is 0.466 e. The van der Waals surface area contributed by atoms with Crippen molar-refractivity contribution in [3.8, 4) is 0 Å². The standard InChI is InChI=1S/C14H21N5O5.3H3O4P/c1-6(2)3-15-14-17-11-8(12(23)18-14)16-5-19(11)13-10(22)9(21)7(4-20)24-13;3*1-5(2,3)4/h5-7,9-10,13,20-22H,3-4H2,1-2H3,(H2,15,17,18,23);3*(H3,1,2,3,4)/t7-,9-,10-,13-;;;/m1.../s1. The molecule has 0 saturated carbocycles. The van der Waals surface area contributed by atoms with Crippen LogP contribution in [-0.4, -0.2) is 110 Å². The summed E-state index contributed by atoms with van der Waals surface area (Å²) in [6.07, 6.45) is -3.09. The minimum absolute atomic E-state index is 0.0998. The number of phosphoric acid groups is 3. The average Bonchev–Trinajstić information content (AvgIpc) is 3.24. The number of aliphatic hydroxyl groups excluding tert-OH is 3. The van der Waals surface area contributed by atoms with E-state index >= 15 is 0 Å². The molecule has 228 valence electrons. The van der Waals surface area contributed by atoms with Crippen molar-refractivity contribution < 1.29 is 77.8 Å². The van der Waals surface area contributed by atoms with Crippen LogP contribution in [0.1, 0.15) is 20.1 Å². The van der Waals surface area contributed by atoms with Crippen LogP contribution in [0.3, 0.4) is 0 Å². The number of hydrogen-bond donors (Lipinski definition) is 14. The van der Waals surface area contributed by atoms with E-state index in [0.29, 0.717) is 12.5 Å². The second kappa shape index (κ2) is 15.4. The number of anilines is 1. The molecule has 1 fully saturated rings. The Bertz CT molecular complexity index is 1160. The molecular formula is C14H30N5O17P3. The molecule has 3 heterocycles. The van der Waals surface area contributed by atoms with Gasteiger partial charge < -0.3 is 69.4 Å². The normalized spacial score (nSPS) is 21.3. The predicted molar refractivity (Wildman–Crippen MR) is 127 cm³/mol. The zero-order valence-electron chi connectivity index (χ0n) is 20.0. The van der Waals surface area contributed by atoms with Gasteiger partial charge in [0.15, 0.2) is 17.4 Å². The molecule has 25 heteroatoms. The van der Waals surface area contributed by atoms with Gasteiger partial charge in [-0.1, -0.05) is 13.8 Å². The number of aromatic nitrogens is 4. The lowest BCUT2D eigenvalue weighted by molar-refractivity contribution is -0.0511. The molecule has 0 unspecified atom stereocenters. The van der Waals surface area contributed by atoms with E-state index in [-0.39, 0.29) is 17.1 Å². The van der Waals surface area contributed by atoms with Crippen LogP contribution in [0.4, 0.5) is 5.95 Å². The molecule has 1 aliphatic rings. The highest BCUT2D eigenvalue weighted by atomic mass is 31.2. The van der Waals surface area contributed by atoms with Crippen LogP contribution in [-0.2, 0) is 18.4 Å². The van der Waals surface area contributed by atoms with Gasteiger partial charge in [-0.2, -0.15) is 4.98 Å². The summed E-state index contributed by atoms with van der Waals surface area (Å²) < 4.78 is 33.5. The molecule has 22 nitrogen and oxygen atoms in total. The average molecular weight is 633 g/mol. The van der Waals surface area contributed by atoms with Crippen LogP contribution in [0.15, 0.2) is 11.1 Å². The molecule has 0 amide bonds. The fraction of sp³-hybridized carbons (Fsp3) is 0.643. The summed E-state index contributed by atoms with van der Waals surface area (Å²) in [5, 5.41) is 32.2. The second-order valence-electron chi connectivity index (χ2n) is 7.78. The van der Waals surface area contributed by atoms with E-state index in [1.54, 1.807) is 0 Å². The smallest absolute Gasteiger partial charge is 0.394 e. The minimum Gasteiger partial charge on any atom is -0.394 e. The van der Waals surface area contributed by atoms with E-state index in [0.717, 1.165) is 0 Å². The van der Waals surface area contributed by atoms with E-state index in [1.165, 1.54) is 10.9 Å². The van der Waals surface area contributed by atoms with Crippen molar-refractivity contribution in [1.29, 1.82) is 0 Å². The Morgan fingerprint density at radius 3 is 1.82 bits per heavy atom. The maximum absolute atomic E-state index is 12.1. The number of nitrogens with one attached hydrogen (secondary N) is 2. The van der Waals surface area contributed by atoms with E-state index in [4.69, 9.17) is 62.5 Å². The molecule has 1 aliphatic heterocycles. The van der Waals surface area contributed by atoms with Gasteiger partial charge in [-0.3, -0.25) is 14.3 Å². The highest BCUT2D eigenvalue weighted by Crippen LogP contribution is 2.31. The van der Waals surface area contributed by atoms with Gasteiger partial charge in [0.05, 0.1) is 12.9 Å². The molecule has 0 aromatic carbocycles. The van der Waals surface area contributed by atoms with Gasteiger partial charge in [-0.15, -0.1) is 0 Å². The lowest BCUT2D eigenvalue weighted by atomic mass is 10.1. The number of ether oxygens (including phenoxy) is 1. The third kappa shape index (κ3) is 16.9. The highest BCUT2D eigenvalue weighted by molar-refractivity contribution is 7.45. The van der Waals surface area contributed by atoms with Crippen LogP contribution < -0.4 is 10.9 Å². The molecule has 39 heavy (non-hydrogen) atoms. The van der Waals surface area contributed by atoms with Gasteiger partial charge in [0.1, 0.15) is 18.3 Å². The van der Waals surface area contributed by atoms with Crippen LogP contribution in [0.2, 0.25) is 0 Å². The van der Waals surface area contributed by atoms with Crippen LogP contribution in [0.5, 0.6) is 0 Å². The Morgan fingerprint density at radius 2 is 1.44 bits per heavy atom.